The van der Waals surface area contributed by atoms with Crippen molar-refractivity contribution in [2.24, 2.45) is 5.73 Å². The van der Waals surface area contributed by atoms with Gasteiger partial charge in [0.1, 0.15) is 11.3 Å². The second-order valence-electron chi connectivity index (χ2n) is 8.82. The number of amides is 2. The Bertz CT molecular complexity index is 968. The zero-order chi connectivity index (χ0) is 26.8. The van der Waals surface area contributed by atoms with Gasteiger partial charge in [-0.05, 0) is 52.2 Å². The first-order valence-electron chi connectivity index (χ1n) is 12.4. The van der Waals surface area contributed by atoms with Gasteiger partial charge in [0.15, 0.2) is 0 Å². The number of ether oxygens (including phenoxy) is 1. The van der Waals surface area contributed by atoms with Crippen molar-refractivity contribution in [1.82, 2.24) is 14.9 Å². The number of halogens is 1. The zero-order valence-corrected chi connectivity index (χ0v) is 23.2. The molecule has 3 rings (SSSR count). The molecule has 196 valence electrons. The van der Waals surface area contributed by atoms with E-state index in [0.717, 1.165) is 24.9 Å². The summed E-state index contributed by atoms with van der Waals surface area (Å²) in [4.78, 5) is 31.1. The monoisotopic (exact) mass is 507 g/mol. The molecule has 0 spiro atoms. The lowest BCUT2D eigenvalue weighted by atomic mass is 10.1. The van der Waals surface area contributed by atoms with Crippen LogP contribution in [0.2, 0.25) is 5.02 Å². The molecule has 2 aromatic rings. The molecule has 2 amide bonds. The maximum atomic E-state index is 12.2. The van der Waals surface area contributed by atoms with E-state index in [2.05, 4.69) is 15.2 Å². The fourth-order valence-corrected chi connectivity index (χ4v) is 4.00. The minimum Gasteiger partial charge on any atom is -0.444 e. The van der Waals surface area contributed by atoms with Crippen molar-refractivity contribution < 1.29 is 14.3 Å². The van der Waals surface area contributed by atoms with Gasteiger partial charge in [0.2, 0.25) is 5.95 Å². The first kappa shape index (κ1) is 30.3. The topological polar surface area (TPSA) is 102 Å². The lowest BCUT2D eigenvalue weighted by Crippen LogP contribution is -2.49. The number of rotatable bonds is 5. The summed E-state index contributed by atoms with van der Waals surface area (Å²) in [5.41, 5.74) is 6.91. The predicted octanol–water partition coefficient (Wildman–Crippen LogP) is 5.54. The molecule has 0 bridgehead atoms. The molecule has 1 aromatic carbocycles. The van der Waals surface area contributed by atoms with Gasteiger partial charge < -0.3 is 25.3 Å². The Morgan fingerprint density at radius 2 is 1.83 bits per heavy atom. The van der Waals surface area contributed by atoms with E-state index in [0.29, 0.717) is 35.4 Å². The van der Waals surface area contributed by atoms with Crippen LogP contribution in [-0.4, -0.2) is 46.3 Å². The lowest BCUT2D eigenvalue weighted by Gasteiger charge is -2.34. The van der Waals surface area contributed by atoms with Crippen molar-refractivity contribution in [2.75, 3.05) is 18.0 Å². The smallest absolute Gasteiger partial charge is 0.407 e. The third-order valence-corrected chi connectivity index (χ3v) is 5.44. The first-order chi connectivity index (χ1) is 16.5. The summed E-state index contributed by atoms with van der Waals surface area (Å²) in [5, 5.41) is 3.55. The van der Waals surface area contributed by atoms with Gasteiger partial charge in [0.05, 0.1) is 12.2 Å². The number of nitrogens with zero attached hydrogens (tertiary/aromatic N) is 3. The van der Waals surface area contributed by atoms with Crippen molar-refractivity contribution >= 4 is 29.5 Å². The van der Waals surface area contributed by atoms with Crippen LogP contribution in [0.1, 0.15) is 83.1 Å². The summed E-state index contributed by atoms with van der Waals surface area (Å²) >= 11 is 6.36. The predicted molar refractivity (Wildman–Crippen MR) is 143 cm³/mol. The molecule has 1 aliphatic heterocycles. The standard InChI is InChI=1S/C22H30ClN5O3.2C2H6/c1-14-18(19(24)29)28(12-15-8-5-6-10-17(15)23)20(25-14)27-11-7-9-16(13-27)26-21(30)31-22(2,3)4;2*1-2/h5-6,8,10,16H,7,9,11-13H2,1-4H3,(H2,24,29)(H,26,30);2*1-2H3. The number of piperidine rings is 1. The van der Waals surface area contributed by atoms with E-state index in [4.69, 9.17) is 22.1 Å². The summed E-state index contributed by atoms with van der Waals surface area (Å²) < 4.78 is 7.20. The van der Waals surface area contributed by atoms with Crippen LogP contribution in [-0.2, 0) is 11.3 Å². The van der Waals surface area contributed by atoms with Gasteiger partial charge in [-0.2, -0.15) is 0 Å². The summed E-state index contributed by atoms with van der Waals surface area (Å²) in [6.07, 6.45) is 1.26. The molecule has 1 aromatic heterocycles. The van der Waals surface area contributed by atoms with Crippen LogP contribution in [0.5, 0.6) is 0 Å². The normalized spacial score (nSPS) is 15.2. The van der Waals surface area contributed by atoms with Crippen LogP contribution in [0.4, 0.5) is 10.7 Å². The number of hydrogen-bond donors (Lipinski definition) is 2. The van der Waals surface area contributed by atoms with Crippen molar-refractivity contribution in [3.63, 3.8) is 0 Å². The van der Waals surface area contributed by atoms with Gasteiger partial charge in [0, 0.05) is 24.2 Å². The highest BCUT2D eigenvalue weighted by atomic mass is 35.5. The van der Waals surface area contributed by atoms with E-state index in [-0.39, 0.29) is 6.04 Å². The molecule has 1 atom stereocenters. The van der Waals surface area contributed by atoms with Crippen molar-refractivity contribution in [3.8, 4) is 0 Å². The van der Waals surface area contributed by atoms with E-state index < -0.39 is 17.6 Å². The number of carbonyl (C=O) groups is 2. The van der Waals surface area contributed by atoms with Gasteiger partial charge in [-0.3, -0.25) is 4.79 Å². The number of benzene rings is 1. The molecule has 3 N–H and O–H groups in total. The van der Waals surface area contributed by atoms with Gasteiger partial charge in [-0.1, -0.05) is 57.5 Å². The van der Waals surface area contributed by atoms with Crippen LogP contribution in [0.25, 0.3) is 0 Å². The quantitative estimate of drug-likeness (QED) is 0.553. The minimum atomic E-state index is -0.558. The summed E-state index contributed by atoms with van der Waals surface area (Å²) in [6.45, 7) is 16.9. The number of aryl methyl sites for hydroxylation is 1. The molecule has 1 unspecified atom stereocenters. The number of anilines is 1. The Balaban J connectivity index is 0.00000145. The molecule has 1 aliphatic rings. The van der Waals surface area contributed by atoms with Gasteiger partial charge >= 0.3 is 6.09 Å². The average Bonchev–Trinajstić information content (AvgIpc) is 3.13. The number of nitrogens with two attached hydrogens (primary N) is 1. The Morgan fingerprint density at radius 3 is 2.40 bits per heavy atom. The Hall–Kier alpha value is -2.74. The number of hydrogen-bond acceptors (Lipinski definition) is 5. The number of carbonyl (C=O) groups excluding carboxylic acids is 2. The second kappa shape index (κ2) is 14.0. The molecule has 0 saturated carbocycles. The average molecular weight is 508 g/mol. The molecular formula is C26H42ClN5O3. The summed E-state index contributed by atoms with van der Waals surface area (Å²) in [5.74, 6) is 0.102. The maximum absolute atomic E-state index is 12.2. The Kier molecular flexibility index (Phi) is 12.1. The summed E-state index contributed by atoms with van der Waals surface area (Å²) in [6, 6.07) is 7.39. The van der Waals surface area contributed by atoms with Crippen LogP contribution in [0, 0.1) is 6.92 Å². The van der Waals surface area contributed by atoms with Crippen molar-refractivity contribution in [1.29, 1.82) is 0 Å². The second-order valence-corrected chi connectivity index (χ2v) is 9.23. The van der Waals surface area contributed by atoms with Gasteiger partial charge in [-0.25, -0.2) is 9.78 Å². The molecule has 0 aliphatic carbocycles. The van der Waals surface area contributed by atoms with Crippen molar-refractivity contribution in [3.05, 3.63) is 46.2 Å². The Morgan fingerprint density at radius 1 is 1.20 bits per heavy atom. The molecule has 9 heteroatoms. The van der Waals surface area contributed by atoms with Crippen LogP contribution in [0.15, 0.2) is 24.3 Å². The fourth-order valence-electron chi connectivity index (χ4n) is 3.81. The number of imidazole rings is 1. The van der Waals surface area contributed by atoms with E-state index in [1.54, 1.807) is 6.92 Å². The van der Waals surface area contributed by atoms with Gasteiger partial charge in [0.25, 0.3) is 5.91 Å². The molecular weight excluding hydrogens is 466 g/mol. The molecule has 1 saturated heterocycles. The summed E-state index contributed by atoms with van der Waals surface area (Å²) in [7, 11) is 0. The molecule has 2 heterocycles. The third kappa shape index (κ3) is 8.76. The maximum Gasteiger partial charge on any atom is 0.407 e. The highest BCUT2D eigenvalue weighted by Crippen LogP contribution is 2.26. The van der Waals surface area contributed by atoms with Crippen LogP contribution >= 0.6 is 11.6 Å². The van der Waals surface area contributed by atoms with Gasteiger partial charge in [-0.15, -0.1) is 0 Å². The van der Waals surface area contributed by atoms with E-state index in [1.165, 1.54) is 0 Å². The van der Waals surface area contributed by atoms with E-state index in [9.17, 15) is 9.59 Å². The largest absolute Gasteiger partial charge is 0.444 e. The number of alkyl carbamates (subject to hydrolysis) is 1. The number of aromatic nitrogens is 2. The van der Waals surface area contributed by atoms with Crippen molar-refractivity contribution in [2.45, 2.75) is 86.4 Å². The highest BCUT2D eigenvalue weighted by molar-refractivity contribution is 6.31. The minimum absolute atomic E-state index is 0.0913. The third-order valence-electron chi connectivity index (χ3n) is 5.07. The van der Waals surface area contributed by atoms with E-state index >= 15 is 0 Å². The molecule has 8 nitrogen and oxygen atoms in total. The molecule has 0 radical (unpaired) electrons. The van der Waals surface area contributed by atoms with Crippen LogP contribution in [0.3, 0.4) is 0 Å². The first-order valence-corrected chi connectivity index (χ1v) is 12.8. The SMILES string of the molecule is CC.CC.Cc1nc(N2CCCC(NC(=O)OC(C)(C)C)C2)n(Cc2ccccc2Cl)c1C(N)=O. The zero-order valence-electron chi connectivity index (χ0n) is 22.4. The number of nitrogens with one attached hydrogen (secondary N) is 1. The lowest BCUT2D eigenvalue weighted by molar-refractivity contribution is 0.0499. The van der Waals surface area contributed by atoms with Crippen LogP contribution < -0.4 is 16.0 Å². The molecule has 35 heavy (non-hydrogen) atoms. The van der Waals surface area contributed by atoms with E-state index in [1.807, 2.05) is 77.3 Å². The molecule has 1 fully saturated rings. The Labute approximate surface area is 215 Å². The highest BCUT2D eigenvalue weighted by Gasteiger charge is 2.29. The fraction of sp³-hybridized carbons (Fsp3) is 0.577. The number of primary amides is 1.